The molecule has 6 rings (SSSR count). The van der Waals surface area contributed by atoms with Gasteiger partial charge in [-0.25, -0.2) is 22.8 Å². The zero-order valence-electron chi connectivity index (χ0n) is 38.3. The van der Waals surface area contributed by atoms with Gasteiger partial charge in [0.15, 0.2) is 5.71 Å². The lowest BCUT2D eigenvalue weighted by molar-refractivity contribution is -0.462. The number of hydrogen-bond donors (Lipinski definition) is 5. The predicted molar refractivity (Wildman–Crippen MR) is 249 cm³/mol. The van der Waals surface area contributed by atoms with E-state index >= 15 is 0 Å². The minimum atomic E-state index is -5.82. The number of fused-ring (bicyclic) bond motifs is 2. The van der Waals surface area contributed by atoms with Crippen molar-refractivity contribution in [3.05, 3.63) is 127 Å². The van der Waals surface area contributed by atoms with Gasteiger partial charge in [0.1, 0.15) is 25.9 Å². The maximum absolute atomic E-state index is 14.2. The summed E-state index contributed by atoms with van der Waals surface area (Å²) in [5.41, 5.74) is 6.67. The number of aromatic nitrogens is 2. The smallest absolute Gasteiger partial charge is 0.487 e. The normalized spacial score (nSPS) is 19.8. The summed E-state index contributed by atoms with van der Waals surface area (Å²) >= 11 is 0. The molecule has 3 unspecified atom stereocenters. The summed E-state index contributed by atoms with van der Waals surface area (Å²) in [5.74, 6) is 4.73. The first kappa shape index (κ1) is 52.1. The fourth-order valence-corrected chi connectivity index (χ4v) is 11.0. The standard InChI is InChI=1S/C44H53N6O15P3/c1-44(2)36-24-29(47(3)4)16-19-34(36)40(35-20-17-30(48(5)6)25-37(35)44)32-13-8-9-14-33(32)42(53)49(7)23-11-15-38(51)45-22-10-12-28-26-50(43(54)46-41(28)52)39-21-18-31(63-39)27-62-67(58,59)65-68(60,61)64-66(55,56)57/h8-9,13-14,16-17,19-20,24-26,31,39H,11,15,18,21-23,27H2,1-7H3,(H5-,45,46,51,52,54,55,56,57,58,59,60,61)/t31-,39+/m0/s1. The van der Waals surface area contributed by atoms with E-state index in [1.54, 1.807) is 11.9 Å². The molecule has 21 nitrogen and oxygen atoms in total. The second kappa shape index (κ2) is 20.7. The summed E-state index contributed by atoms with van der Waals surface area (Å²) < 4.78 is 54.9. The van der Waals surface area contributed by atoms with Crippen LogP contribution < -0.4 is 26.4 Å². The van der Waals surface area contributed by atoms with Crippen LogP contribution in [-0.4, -0.2) is 112 Å². The Morgan fingerprint density at radius 1 is 1.01 bits per heavy atom. The van der Waals surface area contributed by atoms with Gasteiger partial charge < -0.3 is 39.4 Å². The summed E-state index contributed by atoms with van der Waals surface area (Å²) in [4.78, 5) is 96.3. The molecule has 3 aliphatic rings. The van der Waals surface area contributed by atoms with E-state index in [0.29, 0.717) is 12.0 Å². The van der Waals surface area contributed by atoms with Gasteiger partial charge in [0, 0.05) is 69.1 Å². The first-order valence-electron chi connectivity index (χ1n) is 21.2. The van der Waals surface area contributed by atoms with Crippen molar-refractivity contribution in [1.82, 2.24) is 19.8 Å². The van der Waals surface area contributed by atoms with Crippen LogP contribution in [0, 0.1) is 11.8 Å². The fraction of sp³-hybridized carbons (Fsp3) is 0.386. The number of H-pyrrole nitrogens is 1. The number of amides is 2. The Morgan fingerprint density at radius 3 is 2.43 bits per heavy atom. The number of anilines is 1. The molecule has 0 spiro atoms. The van der Waals surface area contributed by atoms with Gasteiger partial charge in [-0.1, -0.05) is 50.0 Å². The third kappa shape index (κ3) is 12.5. The molecule has 5 atom stereocenters. The van der Waals surface area contributed by atoms with E-state index in [1.807, 2.05) is 52.5 Å². The highest BCUT2D eigenvalue weighted by Gasteiger charge is 2.41. The molecular weight excluding hydrogens is 945 g/mol. The third-order valence-corrected chi connectivity index (χ3v) is 15.2. The molecule has 0 radical (unpaired) electrons. The number of aromatic amines is 1. The summed E-state index contributed by atoms with van der Waals surface area (Å²) in [7, 11) is -7.27. The molecule has 0 bridgehead atoms. The number of allylic oxidation sites excluding steroid dienone is 5. The largest absolute Gasteiger partial charge is 0.756 e. The molecule has 24 heteroatoms. The number of nitrogens with zero attached hydrogens (tertiary/aromatic N) is 4. The Balaban J connectivity index is 1.06. The molecule has 1 saturated heterocycles. The van der Waals surface area contributed by atoms with Crippen molar-refractivity contribution in [2.24, 2.45) is 0 Å². The topological polar surface area (TPSA) is 282 Å². The first-order valence-corrected chi connectivity index (χ1v) is 25.6. The molecular formula is C44H53N6O15P3. The molecule has 2 aromatic carbocycles. The van der Waals surface area contributed by atoms with Crippen LogP contribution in [0.2, 0.25) is 0 Å². The molecule has 2 aliphatic carbocycles. The number of carbonyl (C=O) groups excluding carboxylic acids is 2. The van der Waals surface area contributed by atoms with Gasteiger partial charge in [0.2, 0.25) is 5.91 Å². The number of ether oxygens (including phenoxy) is 1. The lowest BCUT2D eigenvalue weighted by atomic mass is 9.64. The molecule has 1 aromatic heterocycles. The van der Waals surface area contributed by atoms with Crippen LogP contribution in [-0.2, 0) is 41.8 Å². The lowest BCUT2D eigenvalue weighted by Gasteiger charge is -2.39. The van der Waals surface area contributed by atoms with E-state index in [1.165, 1.54) is 0 Å². The van der Waals surface area contributed by atoms with E-state index in [9.17, 15) is 47.6 Å². The van der Waals surface area contributed by atoms with Gasteiger partial charge >= 0.3 is 21.3 Å². The Bertz CT molecular complexity index is 2970. The molecule has 68 heavy (non-hydrogen) atoms. The summed E-state index contributed by atoms with van der Waals surface area (Å²) in [6, 6.07) is 14.0. The monoisotopic (exact) mass is 998 g/mol. The Morgan fingerprint density at radius 2 is 1.74 bits per heavy atom. The maximum Gasteiger partial charge on any atom is 0.487 e. The number of nitrogens with one attached hydrogen (secondary N) is 2. The average molecular weight is 999 g/mol. The van der Waals surface area contributed by atoms with Crippen LogP contribution in [0.3, 0.4) is 0 Å². The quantitative estimate of drug-likeness (QED) is 0.0782. The summed E-state index contributed by atoms with van der Waals surface area (Å²) in [5, 5.41) is 2.66. The van der Waals surface area contributed by atoms with Gasteiger partial charge in [-0.15, -0.1) is 0 Å². The molecule has 2 heterocycles. The van der Waals surface area contributed by atoms with Crippen LogP contribution in [0.4, 0.5) is 5.69 Å². The van der Waals surface area contributed by atoms with E-state index in [2.05, 4.69) is 95.0 Å². The minimum Gasteiger partial charge on any atom is -0.756 e. The summed E-state index contributed by atoms with van der Waals surface area (Å²) in [6.45, 7) is 3.85. The second-order valence-electron chi connectivity index (χ2n) is 17.1. The maximum atomic E-state index is 14.2. The molecule has 1 fully saturated rings. The zero-order chi connectivity index (χ0) is 49.9. The number of phosphoric acid groups is 3. The van der Waals surface area contributed by atoms with Gasteiger partial charge in [0.25, 0.3) is 19.3 Å². The SMILES string of the molecule is CN(CCCC(=O)NCC#Cc1cn([C@H]2CC[C@@H](COP(=O)(O)OP(=O)(O)OP(=O)([O-])O)O2)c(=O)[nH]c1=O)C(=O)c1ccccc1C1=C2C=CC(=[N+](C)C)C=C2C(C)(C)c2cc(N(C)C)ccc21. The average Bonchev–Trinajstić information content (AvgIpc) is 3.72. The second-order valence-corrected chi connectivity index (χ2v) is 21.4. The van der Waals surface area contributed by atoms with Crippen LogP contribution in [0.15, 0.2) is 87.6 Å². The van der Waals surface area contributed by atoms with E-state index in [-0.39, 0.29) is 55.1 Å². The van der Waals surface area contributed by atoms with Crippen molar-refractivity contribution >= 4 is 52.3 Å². The van der Waals surface area contributed by atoms with Gasteiger partial charge in [-0.05, 0) is 76.9 Å². The number of phosphoric ester groups is 1. The Hall–Kier alpha value is -5.32. The minimum absolute atomic E-state index is 0.0712. The highest BCUT2D eigenvalue weighted by molar-refractivity contribution is 7.66. The van der Waals surface area contributed by atoms with Crippen molar-refractivity contribution in [2.45, 2.75) is 57.3 Å². The Kier molecular flexibility index (Phi) is 15.9. The van der Waals surface area contributed by atoms with E-state index < -0.39 is 53.7 Å². The Labute approximate surface area is 391 Å². The highest BCUT2D eigenvalue weighted by Crippen LogP contribution is 2.65. The van der Waals surface area contributed by atoms with Gasteiger partial charge in [0.05, 0.1) is 19.3 Å². The van der Waals surface area contributed by atoms with Crippen molar-refractivity contribution in [1.29, 1.82) is 0 Å². The van der Waals surface area contributed by atoms with Crippen molar-refractivity contribution in [3.63, 3.8) is 0 Å². The zero-order valence-corrected chi connectivity index (χ0v) is 41.0. The lowest BCUT2D eigenvalue weighted by Crippen LogP contribution is -2.34. The third-order valence-electron chi connectivity index (χ3n) is 11.4. The molecule has 3 aromatic rings. The predicted octanol–water partition coefficient (Wildman–Crippen LogP) is 3.31. The number of benzene rings is 2. The molecule has 0 saturated carbocycles. The molecule has 1 aliphatic heterocycles. The first-order chi connectivity index (χ1) is 31.8. The van der Waals surface area contributed by atoms with Crippen LogP contribution >= 0.6 is 23.5 Å². The van der Waals surface area contributed by atoms with Crippen LogP contribution in [0.5, 0.6) is 0 Å². The van der Waals surface area contributed by atoms with E-state index in [0.717, 1.165) is 55.6 Å². The number of hydrogen-bond acceptors (Lipinski definition) is 13. The molecule has 364 valence electrons. The van der Waals surface area contributed by atoms with Gasteiger partial charge in [-0.3, -0.25) is 33.0 Å². The summed E-state index contributed by atoms with van der Waals surface area (Å²) in [6.07, 6.45) is 6.26. The number of carbonyl (C=O) groups is 2. The van der Waals surface area contributed by atoms with Gasteiger partial charge in [-0.2, -0.15) is 4.31 Å². The van der Waals surface area contributed by atoms with Crippen molar-refractivity contribution < 1.29 is 65.3 Å². The van der Waals surface area contributed by atoms with Crippen LogP contribution in [0.1, 0.15) is 78.4 Å². The van der Waals surface area contributed by atoms with E-state index in [4.69, 9.17) is 9.63 Å². The van der Waals surface area contributed by atoms with Crippen molar-refractivity contribution in [2.75, 3.05) is 59.8 Å². The molecule has 5 N–H and O–H groups in total. The van der Waals surface area contributed by atoms with Crippen LogP contribution in [0.25, 0.3) is 5.57 Å². The fourth-order valence-electron chi connectivity index (χ4n) is 7.99. The van der Waals surface area contributed by atoms with Crippen molar-refractivity contribution in [3.8, 4) is 11.8 Å². The number of rotatable bonds is 16. The highest BCUT2D eigenvalue weighted by atomic mass is 31.3. The molecule has 2 amide bonds.